The first kappa shape index (κ1) is 12.3. The Kier molecular flexibility index (Phi) is 2.81. The fraction of sp³-hybridized carbons (Fsp3) is 0.235. The summed E-state index contributed by atoms with van der Waals surface area (Å²) in [5.41, 5.74) is 11.2. The zero-order valence-electron chi connectivity index (χ0n) is 11.7. The first-order valence-corrected chi connectivity index (χ1v) is 7.29. The van der Waals surface area contributed by atoms with E-state index in [1.165, 1.54) is 5.56 Å². The van der Waals surface area contributed by atoms with Gasteiger partial charge in [-0.1, -0.05) is 18.2 Å². The van der Waals surface area contributed by atoms with Crippen molar-refractivity contribution >= 4 is 16.9 Å². The summed E-state index contributed by atoms with van der Waals surface area (Å²) in [5, 5.41) is 0. The molecule has 4 nitrogen and oxygen atoms in total. The molecule has 1 aliphatic carbocycles. The molecule has 3 aromatic rings. The number of para-hydroxylation sites is 2. The van der Waals surface area contributed by atoms with Gasteiger partial charge in [-0.3, -0.25) is 4.98 Å². The standard InChI is InChI=1S/C17H16N4/c18-17-16(20-13-8-1-2-9-14(13)21-17)12-7-3-5-11-6-4-10-19-15(11)12/h1-2,4,6,8-10,12H,3,5,7H2,(H2,18,21). The average molecular weight is 276 g/mol. The van der Waals surface area contributed by atoms with Crippen molar-refractivity contribution in [1.82, 2.24) is 15.0 Å². The average Bonchev–Trinajstić information content (AvgIpc) is 2.54. The molecule has 1 aliphatic rings. The fourth-order valence-electron chi connectivity index (χ4n) is 3.16. The topological polar surface area (TPSA) is 64.7 Å². The molecule has 0 fully saturated rings. The summed E-state index contributed by atoms with van der Waals surface area (Å²) in [6.07, 6.45) is 5.10. The van der Waals surface area contributed by atoms with E-state index in [9.17, 15) is 0 Å². The van der Waals surface area contributed by atoms with Gasteiger partial charge in [0.2, 0.25) is 0 Å². The Morgan fingerprint density at radius 2 is 1.76 bits per heavy atom. The summed E-state index contributed by atoms with van der Waals surface area (Å²) in [7, 11) is 0. The number of nitrogen functional groups attached to an aromatic ring is 1. The molecule has 0 saturated heterocycles. The Morgan fingerprint density at radius 1 is 0.952 bits per heavy atom. The molecule has 0 saturated carbocycles. The summed E-state index contributed by atoms with van der Waals surface area (Å²) in [4.78, 5) is 13.9. The lowest BCUT2D eigenvalue weighted by Crippen LogP contribution is -2.16. The molecule has 2 aromatic heterocycles. The van der Waals surface area contributed by atoms with Crippen LogP contribution in [0.25, 0.3) is 11.0 Å². The van der Waals surface area contributed by atoms with Crippen molar-refractivity contribution in [2.45, 2.75) is 25.2 Å². The molecule has 0 spiro atoms. The van der Waals surface area contributed by atoms with Gasteiger partial charge in [-0.05, 0) is 43.0 Å². The molecule has 1 unspecified atom stereocenters. The monoisotopic (exact) mass is 276 g/mol. The molecule has 104 valence electrons. The van der Waals surface area contributed by atoms with Crippen molar-refractivity contribution in [1.29, 1.82) is 0 Å². The molecule has 4 rings (SSSR count). The van der Waals surface area contributed by atoms with Gasteiger partial charge in [-0.2, -0.15) is 0 Å². The molecule has 2 N–H and O–H groups in total. The SMILES string of the molecule is Nc1nc2ccccc2nc1C1CCCc2cccnc21. The summed E-state index contributed by atoms with van der Waals surface area (Å²) in [5.74, 6) is 0.684. The van der Waals surface area contributed by atoms with E-state index >= 15 is 0 Å². The fourth-order valence-corrected chi connectivity index (χ4v) is 3.16. The van der Waals surface area contributed by atoms with Crippen LogP contribution in [0.2, 0.25) is 0 Å². The van der Waals surface area contributed by atoms with Gasteiger partial charge in [-0.15, -0.1) is 0 Å². The van der Waals surface area contributed by atoms with Gasteiger partial charge in [-0.25, -0.2) is 9.97 Å². The Labute approximate surface area is 123 Å². The van der Waals surface area contributed by atoms with E-state index < -0.39 is 0 Å². The number of fused-ring (bicyclic) bond motifs is 2. The molecule has 2 heterocycles. The summed E-state index contributed by atoms with van der Waals surface area (Å²) >= 11 is 0. The van der Waals surface area contributed by atoms with E-state index in [-0.39, 0.29) is 5.92 Å². The number of aryl methyl sites for hydroxylation is 1. The van der Waals surface area contributed by atoms with E-state index in [1.807, 2.05) is 36.5 Å². The van der Waals surface area contributed by atoms with Crippen molar-refractivity contribution < 1.29 is 0 Å². The maximum atomic E-state index is 6.17. The molecule has 4 heteroatoms. The Hall–Kier alpha value is -2.49. The highest BCUT2D eigenvalue weighted by atomic mass is 14.9. The van der Waals surface area contributed by atoms with E-state index in [0.717, 1.165) is 41.7 Å². The Balaban J connectivity index is 1.89. The van der Waals surface area contributed by atoms with Gasteiger partial charge in [0.1, 0.15) is 5.82 Å². The minimum absolute atomic E-state index is 0.159. The van der Waals surface area contributed by atoms with Gasteiger partial charge >= 0.3 is 0 Å². The van der Waals surface area contributed by atoms with Crippen LogP contribution in [0.15, 0.2) is 42.6 Å². The maximum Gasteiger partial charge on any atom is 0.146 e. The van der Waals surface area contributed by atoms with Crippen molar-refractivity contribution in [2.24, 2.45) is 0 Å². The predicted molar refractivity (Wildman–Crippen MR) is 83.0 cm³/mol. The third kappa shape index (κ3) is 2.03. The number of hydrogen-bond acceptors (Lipinski definition) is 4. The third-order valence-electron chi connectivity index (χ3n) is 4.15. The largest absolute Gasteiger partial charge is 0.382 e. The Bertz CT molecular complexity index is 813. The maximum absolute atomic E-state index is 6.17. The van der Waals surface area contributed by atoms with E-state index in [2.05, 4.69) is 16.0 Å². The second-order valence-corrected chi connectivity index (χ2v) is 5.48. The van der Waals surface area contributed by atoms with Crippen LogP contribution in [0.4, 0.5) is 5.82 Å². The quantitative estimate of drug-likeness (QED) is 0.742. The molecular formula is C17H16N4. The lowest BCUT2D eigenvalue weighted by atomic mass is 9.84. The molecule has 0 bridgehead atoms. The van der Waals surface area contributed by atoms with Gasteiger partial charge in [0, 0.05) is 12.1 Å². The normalized spacial score (nSPS) is 17.6. The highest BCUT2D eigenvalue weighted by Crippen LogP contribution is 2.36. The number of benzene rings is 1. The number of nitrogens with zero attached hydrogens (tertiary/aromatic N) is 3. The number of pyridine rings is 1. The molecule has 1 atom stereocenters. The lowest BCUT2D eigenvalue weighted by Gasteiger charge is -2.24. The van der Waals surface area contributed by atoms with Crippen molar-refractivity contribution in [2.75, 3.05) is 5.73 Å². The number of aromatic nitrogens is 3. The van der Waals surface area contributed by atoms with Crippen molar-refractivity contribution in [3.8, 4) is 0 Å². The summed E-state index contributed by atoms with van der Waals surface area (Å²) in [6.45, 7) is 0. The van der Waals surface area contributed by atoms with Crippen LogP contribution < -0.4 is 5.73 Å². The van der Waals surface area contributed by atoms with Crippen LogP contribution in [0, 0.1) is 0 Å². The number of nitrogens with two attached hydrogens (primary N) is 1. The zero-order valence-corrected chi connectivity index (χ0v) is 11.7. The van der Waals surface area contributed by atoms with E-state index in [1.54, 1.807) is 0 Å². The molecule has 0 radical (unpaired) electrons. The highest BCUT2D eigenvalue weighted by Gasteiger charge is 2.26. The number of rotatable bonds is 1. The molecule has 1 aromatic carbocycles. The highest BCUT2D eigenvalue weighted by molar-refractivity contribution is 5.76. The third-order valence-corrected chi connectivity index (χ3v) is 4.15. The van der Waals surface area contributed by atoms with Gasteiger partial charge < -0.3 is 5.73 Å². The van der Waals surface area contributed by atoms with Crippen LogP contribution in [0.5, 0.6) is 0 Å². The first-order chi connectivity index (χ1) is 10.3. The van der Waals surface area contributed by atoms with Gasteiger partial charge in [0.05, 0.1) is 22.4 Å². The molecule has 21 heavy (non-hydrogen) atoms. The summed E-state index contributed by atoms with van der Waals surface area (Å²) < 4.78 is 0. The molecule has 0 aliphatic heterocycles. The van der Waals surface area contributed by atoms with Crippen molar-refractivity contribution in [3.05, 3.63) is 59.5 Å². The molecular weight excluding hydrogens is 260 g/mol. The second kappa shape index (κ2) is 4.81. The van der Waals surface area contributed by atoms with Crippen molar-refractivity contribution in [3.63, 3.8) is 0 Å². The predicted octanol–water partition coefficient (Wildman–Crippen LogP) is 3.08. The minimum Gasteiger partial charge on any atom is -0.382 e. The van der Waals surface area contributed by atoms with Crippen LogP contribution >= 0.6 is 0 Å². The second-order valence-electron chi connectivity index (χ2n) is 5.48. The van der Waals surface area contributed by atoms with E-state index in [0.29, 0.717) is 5.82 Å². The minimum atomic E-state index is 0.159. The smallest absolute Gasteiger partial charge is 0.146 e. The Morgan fingerprint density at radius 3 is 2.62 bits per heavy atom. The number of hydrogen-bond donors (Lipinski definition) is 1. The van der Waals surface area contributed by atoms with Crippen LogP contribution in [0.3, 0.4) is 0 Å². The summed E-state index contributed by atoms with van der Waals surface area (Å²) in [6, 6.07) is 12.0. The number of anilines is 1. The zero-order chi connectivity index (χ0) is 14.2. The van der Waals surface area contributed by atoms with Crippen LogP contribution in [0.1, 0.15) is 35.7 Å². The van der Waals surface area contributed by atoms with Crippen LogP contribution in [-0.4, -0.2) is 15.0 Å². The first-order valence-electron chi connectivity index (χ1n) is 7.29. The van der Waals surface area contributed by atoms with E-state index in [4.69, 9.17) is 10.7 Å². The van der Waals surface area contributed by atoms with Gasteiger partial charge in [0.25, 0.3) is 0 Å². The lowest BCUT2D eigenvalue weighted by molar-refractivity contribution is 0.589. The molecule has 0 amide bonds. The van der Waals surface area contributed by atoms with Gasteiger partial charge in [0.15, 0.2) is 0 Å². The van der Waals surface area contributed by atoms with Crippen LogP contribution in [-0.2, 0) is 6.42 Å².